The molecule has 0 atom stereocenters. The van der Waals surface area contributed by atoms with E-state index in [-0.39, 0.29) is 15.8 Å². The van der Waals surface area contributed by atoms with Crippen LogP contribution in [-0.4, -0.2) is 5.11 Å². The molecule has 0 heterocycles. The minimum absolute atomic E-state index is 0.112. The highest BCUT2D eigenvalue weighted by molar-refractivity contribution is 9.11. The Morgan fingerprint density at radius 3 is 1.75 bits per heavy atom. The lowest BCUT2D eigenvalue weighted by Crippen LogP contribution is -1.90. The maximum atomic E-state index is 9.31. The Hall–Kier alpha value is 0.360. The van der Waals surface area contributed by atoms with Crippen molar-refractivity contribution in [1.29, 1.82) is 0 Å². The van der Waals surface area contributed by atoms with Gasteiger partial charge < -0.3 is 10.8 Å². The van der Waals surface area contributed by atoms with Gasteiger partial charge in [0.1, 0.15) is 10.0 Å². The lowest BCUT2D eigenvalue weighted by Gasteiger charge is -2.08. The van der Waals surface area contributed by atoms with E-state index in [1.54, 1.807) is 0 Å². The van der Waals surface area contributed by atoms with E-state index >= 15 is 0 Å². The zero-order valence-corrected chi connectivity index (χ0v) is 10.2. The molecule has 0 radical (unpaired) electrons. The zero-order valence-electron chi connectivity index (χ0n) is 5.54. The van der Waals surface area contributed by atoms with Gasteiger partial charge in [-0.05, 0) is 31.9 Å². The fourth-order valence-electron chi connectivity index (χ4n) is 0.637. The third-order valence-electron chi connectivity index (χ3n) is 1.27. The van der Waals surface area contributed by atoms with Gasteiger partial charge in [-0.25, -0.2) is 0 Å². The molecule has 0 amide bonds. The van der Waals surface area contributed by atoms with Gasteiger partial charge >= 0.3 is 0 Å². The van der Waals surface area contributed by atoms with Crippen LogP contribution in [-0.2, 0) is 0 Å². The molecule has 0 aliphatic carbocycles. The lowest BCUT2D eigenvalue weighted by atomic mass is 10.3. The Labute approximate surface area is 95.9 Å². The van der Waals surface area contributed by atoms with Crippen LogP contribution in [0.25, 0.3) is 0 Å². The number of phenols is 1. The van der Waals surface area contributed by atoms with E-state index in [0.29, 0.717) is 14.6 Å². The fraction of sp³-hybridized carbons (Fsp3) is 0. The van der Waals surface area contributed by atoms with E-state index in [4.69, 9.17) is 28.9 Å². The van der Waals surface area contributed by atoms with Crippen molar-refractivity contribution in [2.75, 3.05) is 5.73 Å². The minimum Gasteiger partial charge on any atom is -0.505 e. The molecular weight excluding hydrogens is 333 g/mol. The van der Waals surface area contributed by atoms with Crippen LogP contribution in [0.2, 0.25) is 10.0 Å². The van der Waals surface area contributed by atoms with Gasteiger partial charge in [0.15, 0.2) is 5.75 Å². The molecule has 0 bridgehead atoms. The fourth-order valence-corrected chi connectivity index (χ4v) is 2.12. The van der Waals surface area contributed by atoms with Crippen LogP contribution in [0.5, 0.6) is 5.75 Å². The molecule has 0 aliphatic rings. The van der Waals surface area contributed by atoms with Gasteiger partial charge in [0.2, 0.25) is 0 Å². The molecule has 1 aromatic rings. The summed E-state index contributed by atoms with van der Waals surface area (Å²) in [6, 6.07) is 0. The van der Waals surface area contributed by atoms with Crippen molar-refractivity contribution in [3.05, 3.63) is 19.0 Å². The molecule has 0 fully saturated rings. The van der Waals surface area contributed by atoms with E-state index in [2.05, 4.69) is 31.9 Å². The number of nitrogens with two attached hydrogens (primary N) is 1. The normalized spacial score (nSPS) is 10.3. The number of phenolic OH excluding ortho intramolecular Hbond substituents is 1. The van der Waals surface area contributed by atoms with Gasteiger partial charge in [-0.2, -0.15) is 0 Å². The molecule has 0 unspecified atom stereocenters. The van der Waals surface area contributed by atoms with E-state index in [0.717, 1.165) is 0 Å². The predicted molar refractivity (Wildman–Crippen MR) is 57.9 cm³/mol. The van der Waals surface area contributed by atoms with Crippen LogP contribution < -0.4 is 5.73 Å². The summed E-state index contributed by atoms with van der Waals surface area (Å²) < 4.78 is 0.857. The van der Waals surface area contributed by atoms with Crippen molar-refractivity contribution in [2.24, 2.45) is 0 Å². The lowest BCUT2D eigenvalue weighted by molar-refractivity contribution is 0.475. The number of halogens is 4. The first-order chi connectivity index (χ1) is 5.46. The van der Waals surface area contributed by atoms with Crippen LogP contribution in [0.3, 0.4) is 0 Å². The number of hydrogen-bond donors (Lipinski definition) is 2. The van der Waals surface area contributed by atoms with Crippen molar-refractivity contribution in [1.82, 2.24) is 0 Å². The summed E-state index contributed by atoms with van der Waals surface area (Å²) >= 11 is 17.6. The first-order valence-corrected chi connectivity index (χ1v) is 5.11. The van der Waals surface area contributed by atoms with Crippen LogP contribution in [0, 0.1) is 0 Å². The molecule has 1 aromatic carbocycles. The molecular formula is C6H3Br2Cl2NO. The van der Waals surface area contributed by atoms with E-state index in [1.807, 2.05) is 0 Å². The summed E-state index contributed by atoms with van der Waals surface area (Å²) in [6.45, 7) is 0. The van der Waals surface area contributed by atoms with Crippen molar-refractivity contribution in [2.45, 2.75) is 0 Å². The van der Waals surface area contributed by atoms with E-state index in [1.165, 1.54) is 0 Å². The molecule has 6 heteroatoms. The predicted octanol–water partition coefficient (Wildman–Crippen LogP) is 3.81. The Bertz CT molecular complexity index is 238. The summed E-state index contributed by atoms with van der Waals surface area (Å²) in [5.41, 5.74) is 5.94. The van der Waals surface area contributed by atoms with Crippen molar-refractivity contribution >= 4 is 60.7 Å². The van der Waals surface area contributed by atoms with Crippen LogP contribution in [0.1, 0.15) is 0 Å². The second-order valence-corrected chi connectivity index (χ2v) is 4.36. The van der Waals surface area contributed by atoms with Crippen molar-refractivity contribution in [3.63, 3.8) is 0 Å². The third-order valence-corrected chi connectivity index (χ3v) is 4.11. The van der Waals surface area contributed by atoms with Gasteiger partial charge in [0.05, 0.1) is 14.6 Å². The topological polar surface area (TPSA) is 46.2 Å². The quantitative estimate of drug-likeness (QED) is 0.430. The smallest absolute Gasteiger partial charge is 0.155 e. The third kappa shape index (κ3) is 1.53. The number of benzene rings is 1. The largest absolute Gasteiger partial charge is 0.505 e. The molecule has 66 valence electrons. The molecule has 3 N–H and O–H groups in total. The van der Waals surface area contributed by atoms with Crippen molar-refractivity contribution < 1.29 is 5.11 Å². The molecule has 1 rings (SSSR count). The summed E-state index contributed by atoms with van der Waals surface area (Å²) in [4.78, 5) is 0. The maximum Gasteiger partial charge on any atom is 0.155 e. The van der Waals surface area contributed by atoms with Crippen LogP contribution in [0.15, 0.2) is 8.95 Å². The Kier molecular flexibility index (Phi) is 3.15. The molecule has 0 saturated heterocycles. The number of hydrogen-bond acceptors (Lipinski definition) is 2. The molecule has 0 spiro atoms. The Morgan fingerprint density at radius 2 is 1.42 bits per heavy atom. The molecule has 0 saturated carbocycles. The highest BCUT2D eigenvalue weighted by atomic mass is 79.9. The van der Waals surface area contributed by atoms with Crippen LogP contribution in [0.4, 0.5) is 5.69 Å². The summed E-state index contributed by atoms with van der Waals surface area (Å²) in [6.07, 6.45) is 0. The molecule has 12 heavy (non-hydrogen) atoms. The summed E-state index contributed by atoms with van der Waals surface area (Å²) in [7, 11) is 0. The first kappa shape index (κ1) is 10.4. The highest BCUT2D eigenvalue weighted by Gasteiger charge is 2.16. The SMILES string of the molecule is Nc1c(Br)c(Cl)c(O)c(Cl)c1Br. The zero-order chi connectivity index (χ0) is 9.46. The highest BCUT2D eigenvalue weighted by Crippen LogP contribution is 2.46. The first-order valence-electron chi connectivity index (χ1n) is 2.77. The van der Waals surface area contributed by atoms with Gasteiger partial charge in [-0.1, -0.05) is 23.2 Å². The van der Waals surface area contributed by atoms with Gasteiger partial charge in [0.25, 0.3) is 0 Å². The van der Waals surface area contributed by atoms with Crippen molar-refractivity contribution in [3.8, 4) is 5.75 Å². The van der Waals surface area contributed by atoms with Gasteiger partial charge in [0, 0.05) is 0 Å². The summed E-state index contributed by atoms with van der Waals surface area (Å²) in [5.74, 6) is -0.189. The standard InChI is InChI=1S/C6H3Br2Cl2NO/c7-1-3(9)6(12)4(10)2(8)5(1)11/h12H,11H2. The number of anilines is 1. The van der Waals surface area contributed by atoms with Crippen LogP contribution >= 0.6 is 55.1 Å². The molecule has 0 aromatic heterocycles. The number of nitrogen functional groups attached to an aromatic ring is 1. The monoisotopic (exact) mass is 333 g/mol. The Morgan fingerprint density at radius 1 is 1.08 bits per heavy atom. The Balaban J connectivity index is 3.60. The summed E-state index contributed by atoms with van der Waals surface area (Å²) in [5, 5.41) is 9.54. The molecule has 2 nitrogen and oxygen atoms in total. The minimum atomic E-state index is -0.189. The van der Waals surface area contributed by atoms with Gasteiger partial charge in [-0.15, -0.1) is 0 Å². The second-order valence-electron chi connectivity index (χ2n) is 2.02. The average molecular weight is 336 g/mol. The van der Waals surface area contributed by atoms with E-state index < -0.39 is 0 Å². The maximum absolute atomic E-state index is 9.31. The van der Waals surface area contributed by atoms with Gasteiger partial charge in [-0.3, -0.25) is 0 Å². The van der Waals surface area contributed by atoms with E-state index in [9.17, 15) is 5.11 Å². The number of rotatable bonds is 0. The molecule has 0 aliphatic heterocycles. The second kappa shape index (κ2) is 3.62. The average Bonchev–Trinajstić information content (AvgIpc) is 2.08. The number of aromatic hydroxyl groups is 1.